The van der Waals surface area contributed by atoms with Crippen molar-refractivity contribution in [3.05, 3.63) is 58.1 Å². The van der Waals surface area contributed by atoms with Crippen LogP contribution < -0.4 is 14.2 Å². The zero-order valence-electron chi connectivity index (χ0n) is 12.6. The van der Waals surface area contributed by atoms with Crippen molar-refractivity contribution in [2.45, 2.75) is 6.92 Å². The Hall–Kier alpha value is -3.09. The van der Waals surface area contributed by atoms with E-state index < -0.39 is 10.9 Å². The molecule has 0 saturated heterocycles. The quantitative estimate of drug-likeness (QED) is 0.352. The summed E-state index contributed by atoms with van der Waals surface area (Å²) in [7, 11) is 1.39. The van der Waals surface area contributed by atoms with E-state index >= 15 is 0 Å². The molecule has 0 radical (unpaired) electrons. The van der Waals surface area contributed by atoms with Crippen molar-refractivity contribution in [2.24, 2.45) is 0 Å². The number of carbonyl (C=O) groups is 1. The number of methoxy groups -OCH3 is 1. The average Bonchev–Trinajstić information content (AvgIpc) is 2.53. The van der Waals surface area contributed by atoms with E-state index in [1.54, 1.807) is 18.2 Å². The third-order valence-electron chi connectivity index (χ3n) is 2.93. The minimum Gasteiger partial charge on any atom is -0.496 e. The van der Waals surface area contributed by atoms with Crippen LogP contribution in [-0.2, 0) is 4.79 Å². The number of nitro groups is 1. The summed E-state index contributed by atoms with van der Waals surface area (Å²) in [6, 6.07) is 11.1. The largest absolute Gasteiger partial charge is 0.496 e. The molecule has 0 aliphatic rings. The third-order valence-corrected chi connectivity index (χ3v) is 2.93. The van der Waals surface area contributed by atoms with E-state index in [1.165, 1.54) is 25.3 Å². The van der Waals surface area contributed by atoms with Gasteiger partial charge in [0.05, 0.1) is 18.1 Å². The van der Waals surface area contributed by atoms with E-state index in [4.69, 9.17) is 14.2 Å². The number of hydrogen-bond donors (Lipinski definition) is 0. The van der Waals surface area contributed by atoms with Gasteiger partial charge in [0.1, 0.15) is 11.5 Å². The molecule has 120 valence electrons. The predicted octanol–water partition coefficient (Wildman–Crippen LogP) is 2.90. The molecule has 0 spiro atoms. The summed E-state index contributed by atoms with van der Waals surface area (Å²) in [5.74, 6) is -0.0768. The second-order valence-electron chi connectivity index (χ2n) is 4.67. The Balaban J connectivity index is 2.04. The molecule has 7 heteroatoms. The Labute approximate surface area is 132 Å². The predicted molar refractivity (Wildman–Crippen MR) is 82.0 cm³/mol. The molecule has 2 aromatic rings. The minimum absolute atomic E-state index is 0.159. The molecule has 23 heavy (non-hydrogen) atoms. The van der Waals surface area contributed by atoms with Gasteiger partial charge in [-0.15, -0.1) is 0 Å². The van der Waals surface area contributed by atoms with E-state index in [0.29, 0.717) is 11.5 Å². The number of carbonyl (C=O) groups excluding carboxylic acids is 1. The van der Waals surface area contributed by atoms with Gasteiger partial charge in [0.25, 0.3) is 0 Å². The fraction of sp³-hybridized carbons (Fsp3) is 0.188. The van der Waals surface area contributed by atoms with E-state index in [0.717, 1.165) is 5.56 Å². The number of rotatable bonds is 6. The van der Waals surface area contributed by atoms with E-state index in [-0.39, 0.29) is 18.0 Å². The third kappa shape index (κ3) is 4.44. The maximum Gasteiger partial charge on any atom is 0.349 e. The maximum atomic E-state index is 11.8. The van der Waals surface area contributed by atoms with Crippen LogP contribution in [0.1, 0.15) is 5.56 Å². The molecule has 0 saturated carbocycles. The molecule has 0 aliphatic carbocycles. The molecule has 0 bridgehead atoms. The normalized spacial score (nSPS) is 10.0. The lowest BCUT2D eigenvalue weighted by atomic mass is 10.2. The lowest BCUT2D eigenvalue weighted by Crippen LogP contribution is -2.18. The first-order chi connectivity index (χ1) is 11.0. The number of hydrogen-bond acceptors (Lipinski definition) is 6. The molecule has 0 amide bonds. The van der Waals surface area contributed by atoms with Crippen molar-refractivity contribution < 1.29 is 23.9 Å². The van der Waals surface area contributed by atoms with Crippen LogP contribution in [0.5, 0.6) is 17.2 Å². The van der Waals surface area contributed by atoms with Crippen LogP contribution in [0.25, 0.3) is 0 Å². The van der Waals surface area contributed by atoms with E-state index in [1.807, 2.05) is 13.0 Å². The average molecular weight is 317 g/mol. The van der Waals surface area contributed by atoms with Crippen LogP contribution in [0, 0.1) is 17.0 Å². The highest BCUT2D eigenvalue weighted by molar-refractivity contribution is 5.75. The highest BCUT2D eigenvalue weighted by Crippen LogP contribution is 2.31. The van der Waals surface area contributed by atoms with Crippen molar-refractivity contribution in [1.29, 1.82) is 0 Å². The van der Waals surface area contributed by atoms with Gasteiger partial charge in [0.2, 0.25) is 5.75 Å². The monoisotopic (exact) mass is 317 g/mol. The molecule has 2 aromatic carbocycles. The Morgan fingerprint density at radius 1 is 1.17 bits per heavy atom. The highest BCUT2D eigenvalue weighted by atomic mass is 16.6. The van der Waals surface area contributed by atoms with Crippen LogP contribution in [0.15, 0.2) is 42.5 Å². The molecular formula is C16H15NO6. The molecule has 0 unspecified atom stereocenters. The van der Waals surface area contributed by atoms with Gasteiger partial charge in [-0.05, 0) is 36.8 Å². The second-order valence-corrected chi connectivity index (χ2v) is 4.67. The summed E-state index contributed by atoms with van der Waals surface area (Å²) in [6.07, 6.45) is 0. The Morgan fingerprint density at radius 2 is 1.96 bits per heavy atom. The molecule has 0 heterocycles. The molecule has 0 N–H and O–H groups in total. The van der Waals surface area contributed by atoms with Gasteiger partial charge in [-0.25, -0.2) is 4.79 Å². The molecule has 0 aromatic heterocycles. The summed E-state index contributed by atoms with van der Waals surface area (Å²) < 4.78 is 15.2. The van der Waals surface area contributed by atoms with Crippen LogP contribution >= 0.6 is 0 Å². The van der Waals surface area contributed by atoms with Gasteiger partial charge in [0, 0.05) is 0 Å². The molecule has 0 atom stereocenters. The number of ether oxygens (including phenoxy) is 3. The van der Waals surface area contributed by atoms with Gasteiger partial charge in [0.15, 0.2) is 6.61 Å². The first-order valence-corrected chi connectivity index (χ1v) is 6.72. The first kappa shape index (κ1) is 16.3. The van der Waals surface area contributed by atoms with Gasteiger partial charge >= 0.3 is 11.7 Å². The summed E-state index contributed by atoms with van der Waals surface area (Å²) >= 11 is 0. The second kappa shape index (κ2) is 7.26. The lowest BCUT2D eigenvalue weighted by Gasteiger charge is -2.08. The summed E-state index contributed by atoms with van der Waals surface area (Å²) in [4.78, 5) is 22.2. The Kier molecular flexibility index (Phi) is 5.14. The standard InChI is InChI=1S/C16H15NO6/c1-11-4-3-5-13(8-11)22-10-16(18)23-15-7-6-12(21-2)9-14(15)17(19)20/h3-9H,10H2,1-2H3. The van der Waals surface area contributed by atoms with Crippen LogP contribution in [0.4, 0.5) is 5.69 Å². The molecule has 7 nitrogen and oxygen atoms in total. The van der Waals surface area contributed by atoms with E-state index in [2.05, 4.69) is 0 Å². The van der Waals surface area contributed by atoms with Crippen LogP contribution in [0.3, 0.4) is 0 Å². The minimum atomic E-state index is -0.736. The number of esters is 1. The molecule has 2 rings (SSSR count). The van der Waals surface area contributed by atoms with Crippen molar-refractivity contribution in [3.8, 4) is 17.2 Å². The van der Waals surface area contributed by atoms with Crippen molar-refractivity contribution in [1.82, 2.24) is 0 Å². The number of benzene rings is 2. The van der Waals surface area contributed by atoms with Crippen molar-refractivity contribution in [3.63, 3.8) is 0 Å². The van der Waals surface area contributed by atoms with Crippen LogP contribution in [-0.4, -0.2) is 24.6 Å². The lowest BCUT2D eigenvalue weighted by molar-refractivity contribution is -0.385. The summed E-state index contributed by atoms with van der Waals surface area (Å²) in [6.45, 7) is 1.54. The zero-order valence-corrected chi connectivity index (χ0v) is 12.6. The topological polar surface area (TPSA) is 87.9 Å². The summed E-state index contributed by atoms with van der Waals surface area (Å²) in [5.41, 5.74) is 0.634. The fourth-order valence-electron chi connectivity index (χ4n) is 1.85. The molecule has 0 fully saturated rings. The van der Waals surface area contributed by atoms with Crippen molar-refractivity contribution >= 4 is 11.7 Å². The van der Waals surface area contributed by atoms with Gasteiger partial charge in [-0.1, -0.05) is 12.1 Å². The number of nitrogens with zero attached hydrogens (tertiary/aromatic N) is 1. The number of nitro benzene ring substituents is 1. The van der Waals surface area contributed by atoms with E-state index in [9.17, 15) is 14.9 Å². The smallest absolute Gasteiger partial charge is 0.349 e. The van der Waals surface area contributed by atoms with Gasteiger partial charge in [-0.3, -0.25) is 10.1 Å². The molecule has 0 aliphatic heterocycles. The van der Waals surface area contributed by atoms with Gasteiger partial charge in [-0.2, -0.15) is 0 Å². The van der Waals surface area contributed by atoms with Gasteiger partial charge < -0.3 is 14.2 Å². The molecular weight excluding hydrogens is 302 g/mol. The maximum absolute atomic E-state index is 11.8. The SMILES string of the molecule is COc1ccc(OC(=O)COc2cccc(C)c2)c([N+](=O)[O-])c1. The summed E-state index contributed by atoms with van der Waals surface area (Å²) in [5, 5.41) is 11.0. The Bertz CT molecular complexity index is 728. The van der Waals surface area contributed by atoms with Crippen LogP contribution in [0.2, 0.25) is 0 Å². The fourth-order valence-corrected chi connectivity index (χ4v) is 1.85. The zero-order chi connectivity index (χ0) is 16.8. The highest BCUT2D eigenvalue weighted by Gasteiger charge is 2.19. The number of aryl methyl sites for hydroxylation is 1. The van der Waals surface area contributed by atoms with Crippen molar-refractivity contribution in [2.75, 3.05) is 13.7 Å². The first-order valence-electron chi connectivity index (χ1n) is 6.72. The Morgan fingerprint density at radius 3 is 2.61 bits per heavy atom.